The van der Waals surface area contributed by atoms with E-state index in [4.69, 9.17) is 33.5 Å². The van der Waals surface area contributed by atoms with E-state index in [1.807, 2.05) is 0 Å². The molecule has 0 aliphatic carbocycles. The van der Waals surface area contributed by atoms with Gasteiger partial charge < -0.3 is 10.6 Å². The van der Waals surface area contributed by atoms with Crippen LogP contribution in [0.1, 0.15) is 0 Å². The monoisotopic (exact) mass is 359 g/mol. The van der Waals surface area contributed by atoms with Crippen molar-refractivity contribution in [3.63, 3.8) is 0 Å². The van der Waals surface area contributed by atoms with Gasteiger partial charge in [0, 0.05) is 13.1 Å². The normalized spacial score (nSPS) is 11.3. The van der Waals surface area contributed by atoms with E-state index in [-0.39, 0.29) is 52.6 Å². The summed E-state index contributed by atoms with van der Waals surface area (Å²) in [4.78, 5) is 0.0352. The molecule has 0 aromatic carbocycles. The van der Waals surface area contributed by atoms with Gasteiger partial charge in [0.1, 0.15) is 9.98 Å². The van der Waals surface area contributed by atoms with Crippen LogP contribution in [-0.4, -0.2) is 60.5 Å². The molecule has 0 aromatic rings. The Hall–Kier alpha value is 0.600. The largest absolute Gasteiger partial charge is 1.00 e. The van der Waals surface area contributed by atoms with Gasteiger partial charge >= 0.3 is 29.6 Å². The Morgan fingerprint density at radius 1 is 0.842 bits per heavy atom. The summed E-state index contributed by atoms with van der Waals surface area (Å²) in [5.74, 6) is -1.05. The van der Waals surface area contributed by atoms with Crippen molar-refractivity contribution in [1.82, 2.24) is 10.6 Å². The first-order chi connectivity index (χ1) is 8.01. The van der Waals surface area contributed by atoms with E-state index < -0.39 is 31.7 Å². The Kier molecular flexibility index (Phi) is 11.0. The summed E-state index contributed by atoms with van der Waals surface area (Å²) >= 11 is 9.54. The van der Waals surface area contributed by atoms with Crippen molar-refractivity contribution in [2.75, 3.05) is 24.6 Å². The molecule has 0 spiro atoms. The second-order valence-electron chi connectivity index (χ2n) is 3.08. The predicted molar refractivity (Wildman–Crippen MR) is 74.0 cm³/mol. The molecule has 0 atom stereocenters. The molecular weight excluding hydrogens is 347 g/mol. The van der Waals surface area contributed by atoms with Crippen molar-refractivity contribution in [2.45, 2.75) is 0 Å². The number of thiocarbonyl (C=S) groups is 2. The van der Waals surface area contributed by atoms with Crippen LogP contribution in [0.25, 0.3) is 0 Å². The Labute approximate surface area is 144 Å². The Morgan fingerprint density at radius 3 is 1.32 bits per heavy atom. The summed E-state index contributed by atoms with van der Waals surface area (Å²) in [6, 6.07) is 0. The Morgan fingerprint density at radius 2 is 1.11 bits per heavy atom. The molecule has 13 heteroatoms. The van der Waals surface area contributed by atoms with Gasteiger partial charge in [-0.25, -0.2) is 0 Å². The van der Waals surface area contributed by atoms with Crippen molar-refractivity contribution in [1.29, 1.82) is 0 Å². The Bertz CT molecular complexity index is 468. The number of hydrogen-bond donors (Lipinski definition) is 4. The molecule has 0 aliphatic heterocycles. The van der Waals surface area contributed by atoms with Gasteiger partial charge in [-0.2, -0.15) is 16.8 Å². The summed E-state index contributed by atoms with van der Waals surface area (Å²) in [5.41, 5.74) is 0. The maximum Gasteiger partial charge on any atom is 1.00 e. The third kappa shape index (κ3) is 14.8. The zero-order valence-corrected chi connectivity index (χ0v) is 15.3. The summed E-state index contributed by atoms with van der Waals surface area (Å²) < 4.78 is 58.5. The minimum Gasteiger partial charge on any atom is -0.373 e. The minimum absolute atomic E-state index is 0. The van der Waals surface area contributed by atoms with E-state index in [2.05, 4.69) is 10.6 Å². The first-order valence-electron chi connectivity index (χ1n) is 4.47. The van der Waals surface area contributed by atoms with Gasteiger partial charge in [0.05, 0.1) is 11.5 Å². The van der Waals surface area contributed by atoms with E-state index >= 15 is 0 Å². The maximum absolute atomic E-state index is 10.4. The molecule has 4 N–H and O–H groups in total. The zero-order valence-electron chi connectivity index (χ0n) is 9.99. The van der Waals surface area contributed by atoms with Gasteiger partial charge in [0.15, 0.2) is 0 Å². The van der Waals surface area contributed by atoms with Gasteiger partial charge in [-0.05, 0) is 0 Å². The van der Waals surface area contributed by atoms with Crippen molar-refractivity contribution >= 4 is 54.6 Å². The van der Waals surface area contributed by atoms with Gasteiger partial charge in [-0.15, -0.1) is 0 Å². The fraction of sp³-hybridized carbons (Fsp3) is 0.667. The van der Waals surface area contributed by atoms with Crippen LogP contribution in [0, 0.1) is 0 Å². The molecule has 0 saturated heterocycles. The van der Waals surface area contributed by atoms with Crippen LogP contribution < -0.4 is 40.2 Å². The van der Waals surface area contributed by atoms with Crippen molar-refractivity contribution in [3.05, 3.63) is 0 Å². The summed E-state index contributed by atoms with van der Waals surface area (Å²) in [7, 11) is -8.16. The minimum atomic E-state index is -4.08. The molecule has 8 nitrogen and oxygen atoms in total. The third-order valence-corrected chi connectivity index (χ3v) is 3.76. The molecule has 0 bridgehead atoms. The van der Waals surface area contributed by atoms with Gasteiger partial charge in [-0.1, -0.05) is 24.4 Å². The van der Waals surface area contributed by atoms with Crippen molar-refractivity contribution in [2.24, 2.45) is 0 Å². The van der Waals surface area contributed by atoms with Gasteiger partial charge in [0.25, 0.3) is 20.2 Å². The number of rotatable bonds is 6. The predicted octanol–water partition coefficient (Wildman–Crippen LogP) is -4.40. The molecule has 0 aromatic heterocycles. The molecule has 0 fully saturated rings. The van der Waals surface area contributed by atoms with Crippen LogP contribution in [0.4, 0.5) is 0 Å². The molecule has 0 saturated carbocycles. The summed E-state index contributed by atoms with van der Waals surface area (Å²) in [6.45, 7) is -0.254. The molecule has 0 unspecified atom stereocenters. The maximum atomic E-state index is 10.4. The third-order valence-electron chi connectivity index (χ3n) is 1.50. The number of nitrogens with one attached hydrogen (secondary N) is 2. The molecule has 106 valence electrons. The molecule has 19 heavy (non-hydrogen) atoms. The van der Waals surface area contributed by atoms with Crippen LogP contribution in [0.3, 0.4) is 0 Å². The first kappa shape index (κ1) is 21.9. The Balaban J connectivity index is 0. The quantitative estimate of drug-likeness (QED) is 0.209. The van der Waals surface area contributed by atoms with Crippen LogP contribution in [0.15, 0.2) is 0 Å². The zero-order chi connectivity index (χ0) is 14.4. The van der Waals surface area contributed by atoms with Crippen LogP contribution in [0.5, 0.6) is 0 Å². The molecule has 0 aliphatic rings. The number of hydrogen-bond acceptors (Lipinski definition) is 6. The second kappa shape index (κ2) is 9.52. The average Bonchev–Trinajstić information content (AvgIpc) is 2.13. The SMILES string of the molecule is O=S(=O)(O)CCNC(=S)C(=S)NCCS(=O)(=O)O.[Na+]. The second-order valence-corrected chi connectivity index (χ2v) is 7.04. The smallest absolute Gasteiger partial charge is 0.373 e. The van der Waals surface area contributed by atoms with Gasteiger partial charge in [0.2, 0.25) is 0 Å². The van der Waals surface area contributed by atoms with Crippen LogP contribution >= 0.6 is 24.4 Å². The topological polar surface area (TPSA) is 133 Å². The first-order valence-corrected chi connectivity index (χ1v) is 8.51. The van der Waals surface area contributed by atoms with E-state index in [1.165, 1.54) is 0 Å². The fourth-order valence-electron chi connectivity index (χ4n) is 0.748. The summed E-state index contributed by atoms with van der Waals surface area (Å²) in [6.07, 6.45) is 0. The van der Waals surface area contributed by atoms with Crippen LogP contribution in [-0.2, 0) is 20.2 Å². The fourth-order valence-corrected chi connectivity index (χ4v) is 1.82. The van der Waals surface area contributed by atoms with Crippen molar-refractivity contribution < 1.29 is 55.5 Å². The van der Waals surface area contributed by atoms with Gasteiger partial charge in [-0.3, -0.25) is 9.11 Å². The van der Waals surface area contributed by atoms with E-state index in [9.17, 15) is 16.8 Å². The molecular formula is C6H12N2NaO6S4+. The molecule has 0 heterocycles. The average molecular weight is 359 g/mol. The molecule has 0 rings (SSSR count). The molecule has 0 radical (unpaired) electrons. The van der Waals surface area contributed by atoms with Crippen LogP contribution in [0.2, 0.25) is 0 Å². The molecule has 0 amide bonds. The van der Waals surface area contributed by atoms with Crippen molar-refractivity contribution in [3.8, 4) is 0 Å². The summed E-state index contributed by atoms with van der Waals surface area (Å²) in [5, 5.41) is 4.93. The standard InChI is InChI=1S/C6H12N2O6S4.Na/c9-17(10,11)3-1-7-5(15)6(16)8-2-4-18(12,13)14;/h1-4H2,(H,7,15)(H,8,16)(H,9,10,11)(H,12,13,14);/q;+1. The van der Waals surface area contributed by atoms with E-state index in [1.54, 1.807) is 0 Å². The van der Waals surface area contributed by atoms with E-state index in [0.29, 0.717) is 0 Å². The van der Waals surface area contributed by atoms with E-state index in [0.717, 1.165) is 0 Å².